The van der Waals surface area contributed by atoms with E-state index in [9.17, 15) is 0 Å². The van der Waals surface area contributed by atoms with E-state index in [2.05, 4.69) is 18.7 Å². The first kappa shape index (κ1) is 13.7. The molecule has 2 nitrogen and oxygen atoms in total. The standard InChI is InChI=1S/C17H22O2/c1-3-11-19-16-10-9-15(13-17(16)18-2)12-14-7-5-4-6-8-14/h3,9-10,12-13H,1,4-8,11H2,2H3. The van der Waals surface area contributed by atoms with Crippen molar-refractivity contribution in [2.75, 3.05) is 13.7 Å². The van der Waals surface area contributed by atoms with Crippen LogP contribution in [0, 0.1) is 0 Å². The molecule has 0 amide bonds. The summed E-state index contributed by atoms with van der Waals surface area (Å²) in [7, 11) is 1.67. The maximum absolute atomic E-state index is 5.56. The molecule has 0 spiro atoms. The fourth-order valence-electron chi connectivity index (χ4n) is 2.43. The summed E-state index contributed by atoms with van der Waals surface area (Å²) in [4.78, 5) is 0. The Morgan fingerprint density at radius 3 is 2.63 bits per heavy atom. The summed E-state index contributed by atoms with van der Waals surface area (Å²) in [6.07, 6.45) is 10.5. The Morgan fingerprint density at radius 2 is 1.95 bits per heavy atom. The SMILES string of the molecule is C=CCOc1ccc(C=C2CCCCC2)cc1OC. The molecule has 0 aliphatic heterocycles. The van der Waals surface area contributed by atoms with Crippen molar-refractivity contribution in [1.29, 1.82) is 0 Å². The van der Waals surface area contributed by atoms with E-state index in [0.29, 0.717) is 6.61 Å². The third kappa shape index (κ3) is 3.88. The number of allylic oxidation sites excluding steroid dienone is 1. The van der Waals surface area contributed by atoms with Crippen LogP contribution in [0.1, 0.15) is 37.7 Å². The van der Waals surface area contributed by atoms with Crippen molar-refractivity contribution in [2.45, 2.75) is 32.1 Å². The molecule has 1 aliphatic rings. The second kappa shape index (κ2) is 7.03. The topological polar surface area (TPSA) is 18.5 Å². The maximum Gasteiger partial charge on any atom is 0.161 e. The first-order valence-corrected chi connectivity index (χ1v) is 6.94. The van der Waals surface area contributed by atoms with Crippen LogP contribution in [0.15, 0.2) is 36.4 Å². The van der Waals surface area contributed by atoms with Crippen molar-refractivity contribution in [2.24, 2.45) is 0 Å². The minimum absolute atomic E-state index is 0.497. The monoisotopic (exact) mass is 258 g/mol. The highest BCUT2D eigenvalue weighted by molar-refractivity contribution is 5.58. The Hall–Kier alpha value is -1.70. The molecule has 1 saturated carbocycles. The Balaban J connectivity index is 2.15. The van der Waals surface area contributed by atoms with Crippen molar-refractivity contribution >= 4 is 6.08 Å². The summed E-state index contributed by atoms with van der Waals surface area (Å²) in [6.45, 7) is 4.15. The fourth-order valence-corrected chi connectivity index (χ4v) is 2.43. The van der Waals surface area contributed by atoms with Gasteiger partial charge in [-0.2, -0.15) is 0 Å². The number of hydrogen-bond donors (Lipinski definition) is 0. The van der Waals surface area contributed by atoms with Crippen molar-refractivity contribution in [3.63, 3.8) is 0 Å². The van der Waals surface area contributed by atoms with Crippen LogP contribution >= 0.6 is 0 Å². The van der Waals surface area contributed by atoms with Gasteiger partial charge in [-0.3, -0.25) is 0 Å². The van der Waals surface area contributed by atoms with E-state index < -0.39 is 0 Å². The number of benzene rings is 1. The van der Waals surface area contributed by atoms with Gasteiger partial charge in [0.1, 0.15) is 6.61 Å². The molecule has 1 aromatic rings. The lowest BCUT2D eigenvalue weighted by atomic mass is 9.93. The molecule has 0 aromatic heterocycles. The molecule has 0 unspecified atom stereocenters. The molecule has 0 saturated heterocycles. The largest absolute Gasteiger partial charge is 0.493 e. The van der Waals surface area contributed by atoms with Gasteiger partial charge in [-0.1, -0.05) is 36.8 Å². The normalized spacial score (nSPS) is 14.9. The Bertz CT molecular complexity index is 452. The van der Waals surface area contributed by atoms with Crippen LogP contribution in [0.3, 0.4) is 0 Å². The molecule has 19 heavy (non-hydrogen) atoms. The molecule has 1 aromatic carbocycles. The highest BCUT2D eigenvalue weighted by atomic mass is 16.5. The smallest absolute Gasteiger partial charge is 0.161 e. The van der Waals surface area contributed by atoms with Crippen molar-refractivity contribution < 1.29 is 9.47 Å². The summed E-state index contributed by atoms with van der Waals surface area (Å²) < 4.78 is 10.9. The molecule has 1 aliphatic carbocycles. The molecule has 2 rings (SSSR count). The first-order chi connectivity index (χ1) is 9.33. The summed E-state index contributed by atoms with van der Waals surface area (Å²) in [5, 5.41) is 0. The molecular formula is C17H22O2. The van der Waals surface area contributed by atoms with Gasteiger partial charge in [-0.05, 0) is 43.4 Å². The van der Waals surface area contributed by atoms with Gasteiger partial charge in [0.05, 0.1) is 7.11 Å². The van der Waals surface area contributed by atoms with Gasteiger partial charge in [0.2, 0.25) is 0 Å². The van der Waals surface area contributed by atoms with Gasteiger partial charge in [-0.25, -0.2) is 0 Å². The van der Waals surface area contributed by atoms with Crippen LogP contribution in [-0.4, -0.2) is 13.7 Å². The minimum atomic E-state index is 0.497. The van der Waals surface area contributed by atoms with Gasteiger partial charge in [0.15, 0.2) is 11.5 Å². The highest BCUT2D eigenvalue weighted by Crippen LogP contribution is 2.31. The number of ether oxygens (including phenoxy) is 2. The van der Waals surface area contributed by atoms with Crippen molar-refractivity contribution in [3.05, 3.63) is 42.0 Å². The molecule has 2 heteroatoms. The Kier molecular flexibility index (Phi) is 5.08. The molecule has 0 atom stereocenters. The number of methoxy groups -OCH3 is 1. The van der Waals surface area contributed by atoms with Gasteiger partial charge in [0.25, 0.3) is 0 Å². The second-order valence-electron chi connectivity index (χ2n) is 4.87. The number of hydrogen-bond acceptors (Lipinski definition) is 2. The summed E-state index contributed by atoms with van der Waals surface area (Å²) in [6, 6.07) is 6.10. The fraction of sp³-hybridized carbons (Fsp3) is 0.412. The summed E-state index contributed by atoms with van der Waals surface area (Å²) in [5.41, 5.74) is 2.74. The lowest BCUT2D eigenvalue weighted by Crippen LogP contribution is -1.97. The van der Waals surface area contributed by atoms with Gasteiger partial charge >= 0.3 is 0 Å². The van der Waals surface area contributed by atoms with Gasteiger partial charge in [-0.15, -0.1) is 0 Å². The first-order valence-electron chi connectivity index (χ1n) is 6.94. The van der Waals surface area contributed by atoms with E-state index in [4.69, 9.17) is 9.47 Å². The second-order valence-corrected chi connectivity index (χ2v) is 4.87. The molecule has 0 N–H and O–H groups in total. The molecule has 0 radical (unpaired) electrons. The van der Waals surface area contributed by atoms with Crippen LogP contribution in [0.4, 0.5) is 0 Å². The maximum atomic E-state index is 5.56. The Labute approximate surface area is 115 Å². The highest BCUT2D eigenvalue weighted by Gasteiger charge is 2.07. The van der Waals surface area contributed by atoms with Crippen molar-refractivity contribution in [3.8, 4) is 11.5 Å². The zero-order chi connectivity index (χ0) is 13.5. The van der Waals surface area contributed by atoms with E-state index in [-0.39, 0.29) is 0 Å². The van der Waals surface area contributed by atoms with E-state index in [1.807, 2.05) is 12.1 Å². The molecular weight excluding hydrogens is 236 g/mol. The third-order valence-corrected chi connectivity index (χ3v) is 3.41. The van der Waals surface area contributed by atoms with E-state index in [1.54, 1.807) is 18.8 Å². The predicted octanol–water partition coefficient (Wildman–Crippen LogP) is 4.61. The lowest BCUT2D eigenvalue weighted by molar-refractivity contribution is 0.326. The predicted molar refractivity (Wildman–Crippen MR) is 79.7 cm³/mol. The van der Waals surface area contributed by atoms with Crippen LogP contribution in [0.5, 0.6) is 11.5 Å². The zero-order valence-electron chi connectivity index (χ0n) is 11.7. The lowest BCUT2D eigenvalue weighted by Gasteiger charge is -2.14. The molecule has 102 valence electrons. The van der Waals surface area contributed by atoms with Gasteiger partial charge in [0, 0.05) is 0 Å². The van der Waals surface area contributed by atoms with Crippen LogP contribution in [-0.2, 0) is 0 Å². The van der Waals surface area contributed by atoms with E-state index in [0.717, 1.165) is 11.5 Å². The van der Waals surface area contributed by atoms with Crippen LogP contribution in [0.2, 0.25) is 0 Å². The van der Waals surface area contributed by atoms with E-state index >= 15 is 0 Å². The molecule has 1 fully saturated rings. The van der Waals surface area contributed by atoms with Crippen LogP contribution in [0.25, 0.3) is 6.08 Å². The summed E-state index contributed by atoms with van der Waals surface area (Å²) >= 11 is 0. The van der Waals surface area contributed by atoms with Gasteiger partial charge < -0.3 is 9.47 Å². The average Bonchev–Trinajstić information content (AvgIpc) is 2.47. The quantitative estimate of drug-likeness (QED) is 0.718. The van der Waals surface area contributed by atoms with Crippen LogP contribution < -0.4 is 9.47 Å². The van der Waals surface area contributed by atoms with E-state index in [1.165, 1.54) is 37.7 Å². The average molecular weight is 258 g/mol. The zero-order valence-corrected chi connectivity index (χ0v) is 11.7. The third-order valence-electron chi connectivity index (χ3n) is 3.41. The number of rotatable bonds is 5. The molecule has 0 heterocycles. The molecule has 0 bridgehead atoms. The van der Waals surface area contributed by atoms with Crippen molar-refractivity contribution in [1.82, 2.24) is 0 Å². The Morgan fingerprint density at radius 1 is 1.16 bits per heavy atom. The summed E-state index contributed by atoms with van der Waals surface area (Å²) in [5.74, 6) is 1.56. The minimum Gasteiger partial charge on any atom is -0.493 e.